The lowest BCUT2D eigenvalue weighted by molar-refractivity contribution is -0.136. The molecule has 1 fully saturated rings. The summed E-state index contributed by atoms with van der Waals surface area (Å²) in [4.78, 5) is 22.0. The van der Waals surface area contributed by atoms with Crippen molar-refractivity contribution in [2.75, 3.05) is 5.32 Å². The first-order valence-corrected chi connectivity index (χ1v) is 11.0. The molecule has 0 unspecified atom stereocenters. The number of nitrogens with zero attached hydrogens (tertiary/aromatic N) is 2. The first-order valence-electron chi connectivity index (χ1n) is 9.83. The van der Waals surface area contributed by atoms with Crippen molar-refractivity contribution >= 4 is 50.6 Å². The molecular weight excluding hydrogens is 451 g/mol. The number of alkyl halides is 3. The van der Waals surface area contributed by atoms with Gasteiger partial charge in [-0.2, -0.15) is 13.2 Å². The third kappa shape index (κ3) is 4.62. The minimum Gasteiger partial charge on any atom is -0.458 e. The number of ether oxygens (including phenoxy) is 1. The number of carbonyl (C=O) groups excluding carboxylic acids is 1. The molecule has 0 aliphatic heterocycles. The molecule has 0 spiro atoms. The molecule has 0 radical (unpaired) electrons. The van der Waals surface area contributed by atoms with Gasteiger partial charge in [-0.05, 0) is 56.4 Å². The summed E-state index contributed by atoms with van der Waals surface area (Å²) in [5, 5.41) is 3.22. The van der Waals surface area contributed by atoms with Crippen molar-refractivity contribution in [1.82, 2.24) is 9.97 Å². The minimum atomic E-state index is -4.60. The van der Waals surface area contributed by atoms with Crippen LogP contribution in [0.2, 0.25) is 5.02 Å². The summed E-state index contributed by atoms with van der Waals surface area (Å²) in [6.45, 7) is 1.72. The second-order valence-corrected chi connectivity index (χ2v) is 8.87. The van der Waals surface area contributed by atoms with E-state index in [2.05, 4.69) is 15.3 Å². The van der Waals surface area contributed by atoms with Gasteiger partial charge >= 0.3 is 12.1 Å². The maximum atomic E-state index is 13.5. The van der Waals surface area contributed by atoms with E-state index in [1.807, 2.05) is 0 Å². The summed E-state index contributed by atoms with van der Waals surface area (Å²) in [5.74, 6) is -0.246. The Morgan fingerprint density at radius 2 is 1.97 bits per heavy atom. The molecule has 1 N–H and O–H groups in total. The molecule has 1 aliphatic rings. The smallest absolute Gasteiger partial charge is 0.418 e. The lowest BCUT2D eigenvalue weighted by Gasteiger charge is -2.21. The molecule has 10 heteroatoms. The highest BCUT2D eigenvalue weighted by Gasteiger charge is 2.34. The molecule has 31 heavy (non-hydrogen) atoms. The molecule has 3 aromatic rings. The number of thiophene rings is 1. The fraction of sp³-hybridized carbons (Fsp3) is 0.381. The Morgan fingerprint density at radius 3 is 2.68 bits per heavy atom. The van der Waals surface area contributed by atoms with E-state index >= 15 is 0 Å². The predicted octanol–water partition coefficient (Wildman–Crippen LogP) is 6.91. The fourth-order valence-corrected chi connectivity index (χ4v) is 4.94. The van der Waals surface area contributed by atoms with E-state index in [4.69, 9.17) is 16.3 Å². The van der Waals surface area contributed by atoms with Gasteiger partial charge in [0.25, 0.3) is 0 Å². The third-order valence-electron chi connectivity index (χ3n) is 5.28. The summed E-state index contributed by atoms with van der Waals surface area (Å²) >= 11 is 6.91. The highest BCUT2D eigenvalue weighted by molar-refractivity contribution is 7.20. The first kappa shape index (κ1) is 21.8. The standard InChI is InChI=1S/C21H19ClF3N3O2S/c1-11-16-18(28-15-8-7-12(22)9-14(15)21(23,24)25)26-10-27-19(16)31-17(11)20(29)30-13-5-3-2-4-6-13/h7-10,13H,2-6H2,1H3,(H,26,27,28). The number of rotatable bonds is 4. The molecule has 0 atom stereocenters. The molecule has 1 aliphatic carbocycles. The molecule has 164 valence electrons. The van der Waals surface area contributed by atoms with Crippen molar-refractivity contribution in [3.05, 3.63) is 45.6 Å². The quantitative estimate of drug-likeness (QED) is 0.421. The Hall–Kier alpha value is -2.39. The summed E-state index contributed by atoms with van der Waals surface area (Å²) in [5.41, 5.74) is -0.517. The van der Waals surface area contributed by atoms with E-state index in [0.717, 1.165) is 49.5 Å². The zero-order chi connectivity index (χ0) is 22.2. The van der Waals surface area contributed by atoms with Crippen LogP contribution in [0.25, 0.3) is 10.2 Å². The number of anilines is 2. The SMILES string of the molecule is Cc1c(C(=O)OC2CCCCC2)sc2ncnc(Nc3ccc(Cl)cc3C(F)(F)F)c12. The highest BCUT2D eigenvalue weighted by Crippen LogP contribution is 2.40. The largest absolute Gasteiger partial charge is 0.458 e. The second kappa shape index (κ2) is 8.63. The number of carbonyl (C=O) groups is 1. The number of fused-ring (bicyclic) bond motifs is 1. The van der Waals surface area contributed by atoms with Gasteiger partial charge in [0.05, 0.1) is 16.6 Å². The maximum absolute atomic E-state index is 13.5. The zero-order valence-electron chi connectivity index (χ0n) is 16.6. The minimum absolute atomic E-state index is 0.0230. The summed E-state index contributed by atoms with van der Waals surface area (Å²) < 4.78 is 46.1. The molecule has 1 aromatic carbocycles. The van der Waals surface area contributed by atoms with E-state index in [0.29, 0.717) is 20.7 Å². The van der Waals surface area contributed by atoms with Crippen molar-refractivity contribution in [2.24, 2.45) is 0 Å². The van der Waals surface area contributed by atoms with Gasteiger partial charge in [0.1, 0.15) is 28.0 Å². The van der Waals surface area contributed by atoms with Crippen LogP contribution in [0, 0.1) is 6.92 Å². The van der Waals surface area contributed by atoms with Gasteiger partial charge < -0.3 is 10.1 Å². The fourth-order valence-electron chi connectivity index (χ4n) is 3.74. The Labute approximate surface area is 185 Å². The molecule has 4 rings (SSSR count). The molecule has 1 saturated carbocycles. The maximum Gasteiger partial charge on any atom is 0.418 e. The van der Waals surface area contributed by atoms with Crippen LogP contribution in [-0.2, 0) is 10.9 Å². The lowest BCUT2D eigenvalue weighted by atomic mass is 9.98. The van der Waals surface area contributed by atoms with Crippen LogP contribution >= 0.6 is 22.9 Å². The zero-order valence-corrected chi connectivity index (χ0v) is 18.1. The Morgan fingerprint density at radius 1 is 1.23 bits per heavy atom. The Kier molecular flexibility index (Phi) is 6.07. The van der Waals surface area contributed by atoms with Crippen molar-refractivity contribution in [1.29, 1.82) is 0 Å². The summed E-state index contributed by atoms with van der Waals surface area (Å²) in [6.07, 6.45) is 1.45. The van der Waals surface area contributed by atoms with E-state index in [9.17, 15) is 18.0 Å². The molecule has 5 nitrogen and oxygen atoms in total. The average molecular weight is 470 g/mol. The number of hydrogen-bond acceptors (Lipinski definition) is 6. The van der Waals surface area contributed by atoms with E-state index in [1.165, 1.54) is 18.5 Å². The van der Waals surface area contributed by atoms with Crippen LogP contribution in [-0.4, -0.2) is 22.0 Å². The van der Waals surface area contributed by atoms with Gasteiger partial charge in [-0.25, -0.2) is 14.8 Å². The number of esters is 1. The number of hydrogen-bond donors (Lipinski definition) is 1. The van der Waals surface area contributed by atoms with Crippen molar-refractivity contribution in [2.45, 2.75) is 51.3 Å². The van der Waals surface area contributed by atoms with E-state index in [1.54, 1.807) is 6.92 Å². The molecule has 2 heterocycles. The summed E-state index contributed by atoms with van der Waals surface area (Å²) in [6, 6.07) is 3.47. The molecule has 0 amide bonds. The highest BCUT2D eigenvalue weighted by atomic mass is 35.5. The van der Waals surface area contributed by atoms with Gasteiger partial charge in [-0.15, -0.1) is 11.3 Å². The number of nitrogens with one attached hydrogen (secondary N) is 1. The van der Waals surface area contributed by atoms with Gasteiger partial charge in [-0.1, -0.05) is 18.0 Å². The van der Waals surface area contributed by atoms with Crippen LogP contribution in [0.4, 0.5) is 24.7 Å². The van der Waals surface area contributed by atoms with Crippen LogP contribution in [0.1, 0.15) is 52.9 Å². The third-order valence-corrected chi connectivity index (χ3v) is 6.69. The normalized spacial score (nSPS) is 15.3. The van der Waals surface area contributed by atoms with Crippen molar-refractivity contribution < 1.29 is 22.7 Å². The van der Waals surface area contributed by atoms with Gasteiger partial charge in [0.2, 0.25) is 0 Å². The number of halogens is 4. The van der Waals surface area contributed by atoms with Crippen LogP contribution in [0.5, 0.6) is 0 Å². The molecule has 0 bridgehead atoms. The molecular formula is C21H19ClF3N3O2S. The van der Waals surface area contributed by atoms with E-state index in [-0.39, 0.29) is 22.6 Å². The molecule has 2 aromatic heterocycles. The van der Waals surface area contributed by atoms with Crippen LogP contribution < -0.4 is 5.32 Å². The Balaban J connectivity index is 1.68. The van der Waals surface area contributed by atoms with Crippen LogP contribution in [0.3, 0.4) is 0 Å². The van der Waals surface area contributed by atoms with Gasteiger partial charge in [0, 0.05) is 5.02 Å². The second-order valence-electron chi connectivity index (χ2n) is 7.44. The average Bonchev–Trinajstić information content (AvgIpc) is 3.07. The molecule has 0 saturated heterocycles. The van der Waals surface area contributed by atoms with Crippen LogP contribution in [0.15, 0.2) is 24.5 Å². The monoisotopic (exact) mass is 469 g/mol. The first-order chi connectivity index (χ1) is 14.7. The lowest BCUT2D eigenvalue weighted by Crippen LogP contribution is -2.20. The predicted molar refractivity (Wildman–Crippen MR) is 114 cm³/mol. The number of benzene rings is 1. The van der Waals surface area contributed by atoms with Crippen molar-refractivity contribution in [3.8, 4) is 0 Å². The number of aryl methyl sites for hydroxylation is 1. The Bertz CT molecular complexity index is 1130. The van der Waals surface area contributed by atoms with Crippen molar-refractivity contribution in [3.63, 3.8) is 0 Å². The summed E-state index contributed by atoms with van der Waals surface area (Å²) in [7, 11) is 0. The number of aromatic nitrogens is 2. The van der Waals surface area contributed by atoms with Gasteiger partial charge in [0.15, 0.2) is 0 Å². The van der Waals surface area contributed by atoms with E-state index < -0.39 is 17.7 Å². The van der Waals surface area contributed by atoms with Gasteiger partial charge in [-0.3, -0.25) is 0 Å². The topological polar surface area (TPSA) is 64.1 Å².